The van der Waals surface area contributed by atoms with Crippen LogP contribution in [-0.2, 0) is 13.1 Å². The molecule has 0 radical (unpaired) electrons. The topological polar surface area (TPSA) is 31.6 Å². The second-order valence-electron chi connectivity index (χ2n) is 8.08. The molecule has 0 aliphatic carbocycles. The van der Waals surface area contributed by atoms with Crippen LogP contribution >= 0.6 is 0 Å². The minimum atomic E-state index is 0.284. The summed E-state index contributed by atoms with van der Waals surface area (Å²) in [6, 6.07) is 9.22. The molecule has 144 valence electrons. The number of aryl methyl sites for hydroxylation is 1. The number of hydrogen-bond donors (Lipinski definition) is 1. The van der Waals surface area contributed by atoms with Gasteiger partial charge in [-0.3, -0.25) is 9.80 Å². The summed E-state index contributed by atoms with van der Waals surface area (Å²) in [5, 5.41) is 10.9. The number of para-hydroxylation sites is 1. The number of piperazine rings is 1. The first-order chi connectivity index (χ1) is 12.6. The lowest BCUT2D eigenvalue weighted by Crippen LogP contribution is -2.53. The molecule has 2 heterocycles. The maximum atomic E-state index is 9.52. The van der Waals surface area contributed by atoms with Crippen molar-refractivity contribution in [2.75, 3.05) is 32.8 Å². The van der Waals surface area contributed by atoms with E-state index in [0.29, 0.717) is 6.04 Å². The van der Waals surface area contributed by atoms with Gasteiger partial charge in [0.25, 0.3) is 0 Å². The Morgan fingerprint density at radius 2 is 2.00 bits per heavy atom. The maximum absolute atomic E-state index is 9.52. The highest BCUT2D eigenvalue weighted by Crippen LogP contribution is 2.24. The Morgan fingerprint density at radius 1 is 1.19 bits per heavy atom. The van der Waals surface area contributed by atoms with Crippen LogP contribution in [0.25, 0.3) is 10.9 Å². The van der Waals surface area contributed by atoms with Gasteiger partial charge in [-0.25, -0.2) is 0 Å². The van der Waals surface area contributed by atoms with E-state index in [0.717, 1.165) is 51.6 Å². The van der Waals surface area contributed by atoms with Gasteiger partial charge in [0.1, 0.15) is 0 Å². The molecule has 0 saturated carbocycles. The summed E-state index contributed by atoms with van der Waals surface area (Å²) in [7, 11) is 0. The normalized spacial score (nSPS) is 19.7. The Morgan fingerprint density at radius 3 is 2.73 bits per heavy atom. The van der Waals surface area contributed by atoms with Gasteiger partial charge in [-0.1, -0.05) is 32.0 Å². The van der Waals surface area contributed by atoms with Crippen molar-refractivity contribution in [3.63, 3.8) is 0 Å². The van der Waals surface area contributed by atoms with Gasteiger partial charge in [-0.15, -0.1) is 0 Å². The lowest BCUT2D eigenvalue weighted by atomic mass is 10.0. The summed E-state index contributed by atoms with van der Waals surface area (Å²) in [6.07, 6.45) is 4.45. The molecule has 4 nitrogen and oxygen atoms in total. The van der Waals surface area contributed by atoms with Crippen molar-refractivity contribution in [1.82, 2.24) is 14.4 Å². The van der Waals surface area contributed by atoms with Crippen molar-refractivity contribution >= 4 is 10.9 Å². The largest absolute Gasteiger partial charge is 0.396 e. The van der Waals surface area contributed by atoms with E-state index in [-0.39, 0.29) is 6.61 Å². The average molecular weight is 358 g/mol. The quantitative estimate of drug-likeness (QED) is 0.784. The molecular weight excluding hydrogens is 322 g/mol. The Hall–Kier alpha value is -1.36. The van der Waals surface area contributed by atoms with Crippen LogP contribution < -0.4 is 0 Å². The number of fused-ring (bicyclic) bond motifs is 1. The lowest BCUT2D eigenvalue weighted by molar-refractivity contribution is 0.0525. The van der Waals surface area contributed by atoms with E-state index >= 15 is 0 Å². The van der Waals surface area contributed by atoms with Crippen LogP contribution in [0, 0.1) is 5.92 Å². The first kappa shape index (κ1) is 19.4. The highest BCUT2D eigenvalue weighted by molar-refractivity contribution is 5.83. The molecule has 1 aromatic carbocycles. The Kier molecular flexibility index (Phi) is 6.74. The van der Waals surface area contributed by atoms with Crippen molar-refractivity contribution in [2.45, 2.75) is 52.7 Å². The fourth-order valence-corrected chi connectivity index (χ4v) is 4.19. The number of aliphatic hydroxyl groups excluding tert-OH is 1. The molecule has 0 spiro atoms. The number of aliphatic hydroxyl groups is 1. The number of rotatable bonds is 8. The van der Waals surface area contributed by atoms with Gasteiger partial charge < -0.3 is 9.67 Å². The summed E-state index contributed by atoms with van der Waals surface area (Å²) >= 11 is 0. The molecule has 0 unspecified atom stereocenters. The molecule has 3 rings (SSSR count). The molecule has 0 amide bonds. The van der Waals surface area contributed by atoms with Crippen LogP contribution in [0.4, 0.5) is 0 Å². The number of nitrogens with zero attached hydrogens (tertiary/aromatic N) is 3. The van der Waals surface area contributed by atoms with Crippen molar-refractivity contribution in [3.05, 3.63) is 36.0 Å². The minimum absolute atomic E-state index is 0.284. The van der Waals surface area contributed by atoms with Gasteiger partial charge >= 0.3 is 0 Å². The van der Waals surface area contributed by atoms with Gasteiger partial charge in [-0.2, -0.15) is 0 Å². The van der Waals surface area contributed by atoms with Crippen LogP contribution in [0.1, 0.15) is 39.2 Å². The number of aromatic nitrogens is 1. The van der Waals surface area contributed by atoms with Gasteiger partial charge in [0.2, 0.25) is 0 Å². The summed E-state index contributed by atoms with van der Waals surface area (Å²) in [5.41, 5.74) is 2.77. The molecular formula is C22H35N3O. The predicted octanol–water partition coefficient (Wildman–Crippen LogP) is 3.58. The molecule has 1 N–H and O–H groups in total. The zero-order valence-corrected chi connectivity index (χ0v) is 16.7. The number of hydrogen-bond acceptors (Lipinski definition) is 3. The fourth-order valence-electron chi connectivity index (χ4n) is 4.19. The standard InChI is InChI=1S/C22H35N3O/c1-4-24-16-19(21-7-5-6-8-22(21)24)15-23-12-13-25(11-9-18(2)3)20(17-23)10-14-26/h5-8,16,18,20,26H,4,9-15,17H2,1-3H3/t20-/m0/s1. The van der Waals surface area contributed by atoms with E-state index < -0.39 is 0 Å². The van der Waals surface area contributed by atoms with Gasteiger partial charge in [0, 0.05) is 62.5 Å². The van der Waals surface area contributed by atoms with Crippen LogP contribution in [0.5, 0.6) is 0 Å². The first-order valence-corrected chi connectivity index (χ1v) is 10.3. The molecule has 1 aliphatic heterocycles. The van der Waals surface area contributed by atoms with Gasteiger partial charge in [-0.05, 0) is 43.9 Å². The minimum Gasteiger partial charge on any atom is -0.396 e. The van der Waals surface area contributed by atoms with Crippen molar-refractivity contribution in [2.24, 2.45) is 5.92 Å². The van der Waals surface area contributed by atoms with Crippen LogP contribution in [-0.4, -0.2) is 58.3 Å². The van der Waals surface area contributed by atoms with Crippen LogP contribution in [0.2, 0.25) is 0 Å². The molecule has 1 atom stereocenters. The van der Waals surface area contributed by atoms with E-state index in [1.54, 1.807) is 0 Å². The van der Waals surface area contributed by atoms with E-state index in [4.69, 9.17) is 0 Å². The van der Waals surface area contributed by atoms with Crippen LogP contribution in [0.3, 0.4) is 0 Å². The molecule has 1 fully saturated rings. The molecule has 0 bridgehead atoms. The second kappa shape index (κ2) is 9.03. The third-order valence-electron chi connectivity index (χ3n) is 5.75. The summed E-state index contributed by atoms with van der Waals surface area (Å²) in [6.45, 7) is 13.5. The van der Waals surface area contributed by atoms with E-state index in [1.807, 2.05) is 0 Å². The second-order valence-corrected chi connectivity index (χ2v) is 8.08. The number of benzene rings is 1. The zero-order chi connectivity index (χ0) is 18.5. The third-order valence-corrected chi connectivity index (χ3v) is 5.75. The smallest absolute Gasteiger partial charge is 0.0483 e. The predicted molar refractivity (Wildman–Crippen MR) is 109 cm³/mol. The lowest BCUT2D eigenvalue weighted by Gasteiger charge is -2.41. The molecule has 1 saturated heterocycles. The molecule has 1 aliphatic rings. The van der Waals surface area contributed by atoms with E-state index in [9.17, 15) is 5.11 Å². The SMILES string of the molecule is CCn1cc(CN2CCN(CCC(C)C)[C@@H](CCO)C2)c2ccccc21. The average Bonchev–Trinajstić information content (AvgIpc) is 2.99. The van der Waals surface area contributed by atoms with Crippen LogP contribution in [0.15, 0.2) is 30.5 Å². The Balaban J connectivity index is 1.69. The molecule has 2 aromatic rings. The highest BCUT2D eigenvalue weighted by atomic mass is 16.3. The fraction of sp³-hybridized carbons (Fsp3) is 0.636. The summed E-state index contributed by atoms with van der Waals surface area (Å²) < 4.78 is 2.36. The van der Waals surface area contributed by atoms with E-state index in [1.165, 1.54) is 22.9 Å². The zero-order valence-electron chi connectivity index (χ0n) is 16.7. The monoisotopic (exact) mass is 357 g/mol. The summed E-state index contributed by atoms with van der Waals surface area (Å²) in [5.74, 6) is 0.739. The van der Waals surface area contributed by atoms with E-state index in [2.05, 4.69) is 65.6 Å². The molecule has 1 aromatic heterocycles. The maximum Gasteiger partial charge on any atom is 0.0483 e. The highest BCUT2D eigenvalue weighted by Gasteiger charge is 2.27. The van der Waals surface area contributed by atoms with Crippen molar-refractivity contribution in [1.29, 1.82) is 0 Å². The Bertz CT molecular complexity index is 694. The van der Waals surface area contributed by atoms with Crippen molar-refractivity contribution in [3.8, 4) is 0 Å². The Labute approximate surface area is 158 Å². The van der Waals surface area contributed by atoms with Crippen molar-refractivity contribution < 1.29 is 5.11 Å². The van der Waals surface area contributed by atoms with Gasteiger partial charge in [0.05, 0.1) is 0 Å². The molecule has 26 heavy (non-hydrogen) atoms. The first-order valence-electron chi connectivity index (χ1n) is 10.3. The third kappa shape index (κ3) is 4.48. The molecule has 4 heteroatoms. The summed E-state index contributed by atoms with van der Waals surface area (Å²) in [4.78, 5) is 5.18. The van der Waals surface area contributed by atoms with Gasteiger partial charge in [0.15, 0.2) is 0 Å².